The van der Waals surface area contributed by atoms with Crippen molar-refractivity contribution in [1.82, 2.24) is 4.98 Å². The maximum atomic E-state index is 12.4. The number of aromatic nitrogens is 1. The van der Waals surface area contributed by atoms with Crippen molar-refractivity contribution in [3.63, 3.8) is 0 Å². The summed E-state index contributed by atoms with van der Waals surface area (Å²) in [7, 11) is 0. The number of ketones is 1. The summed E-state index contributed by atoms with van der Waals surface area (Å²) in [5.41, 5.74) is 1.05. The van der Waals surface area contributed by atoms with Gasteiger partial charge >= 0.3 is 6.61 Å². The lowest BCUT2D eigenvalue weighted by Crippen LogP contribution is -2.15. The van der Waals surface area contributed by atoms with Crippen LogP contribution in [0.15, 0.2) is 29.6 Å². The highest BCUT2D eigenvalue weighted by atomic mass is 32.1. The maximum absolute atomic E-state index is 12.4. The summed E-state index contributed by atoms with van der Waals surface area (Å²) in [6.07, 6.45) is -0.167. The quantitative estimate of drug-likeness (QED) is 0.817. The molecule has 0 radical (unpaired) electrons. The number of carbonyl (C=O) groups is 1. The molecule has 0 aliphatic carbocycles. The number of aryl methyl sites for hydroxylation is 1. The Labute approximate surface area is 130 Å². The second kappa shape index (κ2) is 7.09. The van der Waals surface area contributed by atoms with E-state index in [9.17, 15) is 18.8 Å². The van der Waals surface area contributed by atoms with Gasteiger partial charge in [0.2, 0.25) is 0 Å². The van der Waals surface area contributed by atoms with E-state index in [0.717, 1.165) is 5.69 Å². The molecule has 0 saturated heterocycles. The molecule has 0 spiro atoms. The predicted octanol–water partition coefficient (Wildman–Crippen LogP) is 3.47. The van der Waals surface area contributed by atoms with Gasteiger partial charge in [-0.15, -0.1) is 11.3 Å². The molecule has 0 aliphatic rings. The Hall–Kier alpha value is -2.33. The van der Waals surface area contributed by atoms with Crippen LogP contribution in [0.4, 0.5) is 8.78 Å². The molecule has 0 N–H and O–H groups in total. The van der Waals surface area contributed by atoms with Gasteiger partial charge in [0.15, 0.2) is 11.7 Å². The molecule has 1 aromatic carbocycles. The van der Waals surface area contributed by atoms with Gasteiger partial charge in [-0.3, -0.25) is 4.79 Å². The van der Waals surface area contributed by atoms with E-state index in [0.29, 0.717) is 10.6 Å². The lowest BCUT2D eigenvalue weighted by molar-refractivity contribution is -0.118. The Morgan fingerprint density at radius 1 is 1.45 bits per heavy atom. The van der Waals surface area contributed by atoms with Crippen LogP contribution in [0.5, 0.6) is 5.75 Å². The number of ether oxygens (including phenoxy) is 1. The number of nitrogens with zero attached hydrogens (tertiary/aromatic N) is 2. The monoisotopic (exact) mass is 322 g/mol. The van der Waals surface area contributed by atoms with Crippen molar-refractivity contribution < 1.29 is 18.3 Å². The molecule has 0 bridgehead atoms. The average Bonchev–Trinajstić information content (AvgIpc) is 2.87. The molecule has 1 atom stereocenters. The molecule has 0 unspecified atom stereocenters. The Morgan fingerprint density at radius 3 is 2.77 bits per heavy atom. The predicted molar refractivity (Wildman–Crippen MR) is 77.0 cm³/mol. The Kier molecular flexibility index (Phi) is 5.17. The molecule has 2 aromatic rings. The summed E-state index contributed by atoms with van der Waals surface area (Å²) in [4.78, 5) is 16.4. The summed E-state index contributed by atoms with van der Waals surface area (Å²) in [5.74, 6) is -1.46. The first-order chi connectivity index (χ1) is 10.5. The zero-order chi connectivity index (χ0) is 16.1. The van der Waals surface area contributed by atoms with E-state index in [1.807, 2.05) is 6.07 Å². The van der Waals surface area contributed by atoms with E-state index in [-0.39, 0.29) is 12.2 Å². The van der Waals surface area contributed by atoms with Gasteiger partial charge in [-0.25, -0.2) is 4.98 Å². The molecular formula is C15H12F2N2O2S. The Balaban J connectivity index is 2.19. The summed E-state index contributed by atoms with van der Waals surface area (Å²) in [6, 6.07) is 7.97. The summed E-state index contributed by atoms with van der Waals surface area (Å²) in [6.45, 7) is -1.20. The van der Waals surface area contributed by atoms with E-state index >= 15 is 0 Å². The van der Waals surface area contributed by atoms with Crippen molar-refractivity contribution >= 4 is 17.1 Å². The Morgan fingerprint density at radius 2 is 2.18 bits per heavy atom. The van der Waals surface area contributed by atoms with Crippen LogP contribution in [0.25, 0.3) is 0 Å². The molecule has 0 fully saturated rings. The number of Topliss-reactive ketones (excluding diaryl/α,β-unsaturated/α-hetero) is 1. The number of benzene rings is 1. The third kappa shape index (κ3) is 3.86. The summed E-state index contributed by atoms with van der Waals surface area (Å²) >= 11 is 1.23. The zero-order valence-electron chi connectivity index (χ0n) is 11.6. The number of carbonyl (C=O) groups excluding carboxylic acids is 1. The van der Waals surface area contributed by atoms with Crippen LogP contribution < -0.4 is 4.74 Å². The lowest BCUT2D eigenvalue weighted by Gasteiger charge is -2.11. The van der Waals surface area contributed by atoms with E-state index in [4.69, 9.17) is 0 Å². The minimum atomic E-state index is -2.97. The smallest absolute Gasteiger partial charge is 0.387 e. The van der Waals surface area contributed by atoms with E-state index < -0.39 is 18.3 Å². The highest BCUT2D eigenvalue weighted by Gasteiger charge is 2.24. The average molecular weight is 322 g/mol. The minimum absolute atomic E-state index is 0.0575. The third-order valence-corrected chi connectivity index (χ3v) is 3.92. The number of para-hydroxylation sites is 1. The van der Waals surface area contributed by atoms with E-state index in [1.165, 1.54) is 29.5 Å². The highest BCUT2D eigenvalue weighted by Crippen LogP contribution is 2.26. The molecule has 114 valence electrons. The lowest BCUT2D eigenvalue weighted by atomic mass is 9.99. The van der Waals surface area contributed by atoms with Crippen molar-refractivity contribution in [3.05, 3.63) is 45.9 Å². The molecule has 0 saturated carbocycles. The third-order valence-electron chi connectivity index (χ3n) is 2.89. The molecule has 2 rings (SSSR count). The first-order valence-corrected chi connectivity index (χ1v) is 7.26. The molecular weight excluding hydrogens is 310 g/mol. The molecule has 0 aliphatic heterocycles. The number of nitriles is 1. The van der Waals surface area contributed by atoms with Gasteiger partial charge in [0.1, 0.15) is 10.8 Å². The van der Waals surface area contributed by atoms with Crippen LogP contribution in [0, 0.1) is 18.3 Å². The fraction of sp³-hybridized carbons (Fsp3) is 0.267. The van der Waals surface area contributed by atoms with Crippen LogP contribution in [0.2, 0.25) is 0 Å². The van der Waals surface area contributed by atoms with Gasteiger partial charge in [0.25, 0.3) is 0 Å². The zero-order valence-corrected chi connectivity index (χ0v) is 12.4. The van der Waals surface area contributed by atoms with Crippen molar-refractivity contribution in [2.24, 2.45) is 0 Å². The first-order valence-electron chi connectivity index (χ1n) is 6.38. The molecule has 22 heavy (non-hydrogen) atoms. The topological polar surface area (TPSA) is 63.0 Å². The summed E-state index contributed by atoms with van der Waals surface area (Å²) in [5, 5.41) is 11.4. The van der Waals surface area contributed by atoms with Gasteiger partial charge in [-0.1, -0.05) is 18.2 Å². The van der Waals surface area contributed by atoms with Gasteiger partial charge in [-0.05, 0) is 13.0 Å². The molecule has 4 nitrogen and oxygen atoms in total. The molecule has 1 heterocycles. The van der Waals surface area contributed by atoms with Crippen molar-refractivity contribution in [1.29, 1.82) is 5.26 Å². The van der Waals surface area contributed by atoms with Crippen LogP contribution in [0.1, 0.15) is 22.2 Å². The number of alkyl halides is 2. The first kappa shape index (κ1) is 16.0. The fourth-order valence-electron chi connectivity index (χ4n) is 1.92. The second-order valence-electron chi connectivity index (χ2n) is 4.52. The molecule has 7 heteroatoms. The fourth-order valence-corrected chi connectivity index (χ4v) is 2.78. The number of thiazole rings is 1. The standard InChI is InChI=1S/C15H12F2N2O2S/c1-9-8-22-14(19-9)11(7-18)12(20)6-10-4-2-3-5-13(10)21-15(16)17/h2-5,8,11,15H,6H2,1H3/t11-/m0/s1. The van der Waals surface area contributed by atoms with Crippen LogP contribution in [-0.2, 0) is 11.2 Å². The van der Waals surface area contributed by atoms with Crippen LogP contribution >= 0.6 is 11.3 Å². The summed E-state index contributed by atoms with van der Waals surface area (Å²) < 4.78 is 29.1. The SMILES string of the molecule is Cc1csc([C@@H](C#N)C(=O)Cc2ccccc2OC(F)F)n1. The highest BCUT2D eigenvalue weighted by molar-refractivity contribution is 7.09. The van der Waals surface area contributed by atoms with E-state index in [2.05, 4.69) is 9.72 Å². The molecule has 0 amide bonds. The number of hydrogen-bond donors (Lipinski definition) is 0. The second-order valence-corrected chi connectivity index (χ2v) is 5.41. The Bertz CT molecular complexity index is 710. The van der Waals surface area contributed by atoms with Gasteiger partial charge in [0, 0.05) is 23.1 Å². The number of hydrogen-bond acceptors (Lipinski definition) is 5. The van der Waals surface area contributed by atoms with Crippen molar-refractivity contribution in [2.75, 3.05) is 0 Å². The van der Waals surface area contributed by atoms with Crippen molar-refractivity contribution in [2.45, 2.75) is 25.9 Å². The van der Waals surface area contributed by atoms with E-state index in [1.54, 1.807) is 18.4 Å². The molecule has 1 aromatic heterocycles. The normalized spacial score (nSPS) is 12.0. The van der Waals surface area contributed by atoms with Gasteiger partial charge in [-0.2, -0.15) is 14.0 Å². The van der Waals surface area contributed by atoms with Crippen LogP contribution in [-0.4, -0.2) is 17.4 Å². The largest absolute Gasteiger partial charge is 0.435 e. The minimum Gasteiger partial charge on any atom is -0.435 e. The maximum Gasteiger partial charge on any atom is 0.387 e. The van der Waals surface area contributed by atoms with Gasteiger partial charge in [0.05, 0.1) is 6.07 Å². The van der Waals surface area contributed by atoms with Crippen molar-refractivity contribution in [3.8, 4) is 11.8 Å². The van der Waals surface area contributed by atoms with Crippen LogP contribution in [0.3, 0.4) is 0 Å². The van der Waals surface area contributed by atoms with Gasteiger partial charge < -0.3 is 4.74 Å². The number of rotatable bonds is 6. The number of halogens is 2.